The standard InChI is InChI=1S/C58H38O/c1-3-16-37(17-4-1)38-30-32-40(33-31-38)55-42-20-7-9-22-44(42)56(45-23-10-8-21-43(45)55)41-34-35-52-51(36-41)58-50(28-15-29-53(58)59-52)57-48-26-13-11-24-46(48)54(39-18-5-2-6-19-39)47-25-12-14-27-49(47)57/h1-11,13-24,26-36H,12,25H2. The van der Waals surface area contributed by atoms with Gasteiger partial charge in [0.05, 0.1) is 0 Å². The van der Waals surface area contributed by atoms with Crippen LogP contribution in [0.3, 0.4) is 0 Å². The fraction of sp³-hybridized carbons (Fsp3) is 0.0345. The maximum Gasteiger partial charge on any atom is 0.136 e. The lowest BCUT2D eigenvalue weighted by atomic mass is 9.79. The summed E-state index contributed by atoms with van der Waals surface area (Å²) >= 11 is 0. The Balaban J connectivity index is 1.10. The molecule has 1 aliphatic rings. The number of rotatable bonds is 5. The van der Waals surface area contributed by atoms with Gasteiger partial charge in [0.1, 0.15) is 11.2 Å². The van der Waals surface area contributed by atoms with E-state index in [4.69, 9.17) is 4.42 Å². The molecule has 0 radical (unpaired) electrons. The van der Waals surface area contributed by atoms with E-state index in [1.165, 1.54) is 99.1 Å². The van der Waals surface area contributed by atoms with Gasteiger partial charge < -0.3 is 4.42 Å². The van der Waals surface area contributed by atoms with Crippen LogP contribution in [0.5, 0.6) is 0 Å². The van der Waals surface area contributed by atoms with Crippen molar-refractivity contribution in [1.29, 1.82) is 0 Å². The highest BCUT2D eigenvalue weighted by Crippen LogP contribution is 2.49. The molecule has 1 nitrogen and oxygen atoms in total. The lowest BCUT2D eigenvalue weighted by Crippen LogP contribution is -2.02. The SMILES string of the molecule is C1=Cc2c(c(-c3ccccc3)c3ccccc3c2-c2cccc3oc4ccc(-c5c6ccccc6c(-c6ccc(-c7ccccc7)cc6)c6ccccc56)cc4c23)CC1. The van der Waals surface area contributed by atoms with Gasteiger partial charge in [0.25, 0.3) is 0 Å². The van der Waals surface area contributed by atoms with Crippen molar-refractivity contribution < 1.29 is 4.42 Å². The molecule has 11 aromatic rings. The van der Waals surface area contributed by atoms with Crippen molar-refractivity contribution in [2.24, 2.45) is 0 Å². The molecular weight excluding hydrogens is 713 g/mol. The lowest BCUT2D eigenvalue weighted by Gasteiger charge is -2.24. The summed E-state index contributed by atoms with van der Waals surface area (Å²) in [6, 6.07) is 70.9. The molecule has 1 aliphatic carbocycles. The molecule has 0 spiro atoms. The first-order valence-corrected chi connectivity index (χ1v) is 20.6. The summed E-state index contributed by atoms with van der Waals surface area (Å²) in [4.78, 5) is 0. The van der Waals surface area contributed by atoms with Gasteiger partial charge in [-0.3, -0.25) is 0 Å². The maximum absolute atomic E-state index is 6.73. The van der Waals surface area contributed by atoms with Crippen molar-refractivity contribution in [3.8, 4) is 55.6 Å². The summed E-state index contributed by atoms with van der Waals surface area (Å²) in [6.07, 6.45) is 6.76. The van der Waals surface area contributed by atoms with Crippen LogP contribution >= 0.6 is 0 Å². The summed E-state index contributed by atoms with van der Waals surface area (Å²) in [7, 11) is 0. The highest BCUT2D eigenvalue weighted by Gasteiger charge is 2.24. The maximum atomic E-state index is 6.73. The van der Waals surface area contributed by atoms with Crippen molar-refractivity contribution in [3.05, 3.63) is 211 Å². The molecule has 12 rings (SSSR count). The molecule has 0 amide bonds. The van der Waals surface area contributed by atoms with Gasteiger partial charge in [-0.05, 0) is 130 Å². The topological polar surface area (TPSA) is 13.1 Å². The number of hydrogen-bond donors (Lipinski definition) is 0. The van der Waals surface area contributed by atoms with E-state index in [1.54, 1.807) is 0 Å². The molecule has 276 valence electrons. The van der Waals surface area contributed by atoms with Crippen LogP contribution < -0.4 is 0 Å². The first-order chi connectivity index (χ1) is 29.3. The monoisotopic (exact) mass is 750 g/mol. The van der Waals surface area contributed by atoms with Crippen LogP contribution in [0.15, 0.2) is 205 Å². The molecule has 0 fully saturated rings. The Bertz CT molecular complexity index is 3400. The Hall–Kier alpha value is -7.48. The second-order valence-corrected chi connectivity index (χ2v) is 15.8. The largest absolute Gasteiger partial charge is 0.456 e. The van der Waals surface area contributed by atoms with Gasteiger partial charge in [0.15, 0.2) is 0 Å². The van der Waals surface area contributed by atoms with Gasteiger partial charge in [-0.15, -0.1) is 0 Å². The Labute approximate surface area is 343 Å². The van der Waals surface area contributed by atoms with Crippen molar-refractivity contribution in [2.75, 3.05) is 0 Å². The fourth-order valence-corrected chi connectivity index (χ4v) is 10.0. The van der Waals surface area contributed by atoms with Crippen LogP contribution in [-0.2, 0) is 6.42 Å². The molecule has 0 atom stereocenters. The highest BCUT2D eigenvalue weighted by atomic mass is 16.3. The quantitative estimate of drug-likeness (QED) is 0.160. The molecule has 0 aliphatic heterocycles. The van der Waals surface area contributed by atoms with E-state index in [0.29, 0.717) is 0 Å². The molecule has 0 N–H and O–H groups in total. The lowest BCUT2D eigenvalue weighted by molar-refractivity contribution is 0.669. The zero-order valence-corrected chi connectivity index (χ0v) is 32.5. The number of allylic oxidation sites excluding steroid dienone is 1. The van der Waals surface area contributed by atoms with E-state index in [1.807, 2.05) is 0 Å². The van der Waals surface area contributed by atoms with E-state index < -0.39 is 0 Å². The van der Waals surface area contributed by atoms with Gasteiger partial charge in [-0.25, -0.2) is 0 Å². The zero-order valence-electron chi connectivity index (χ0n) is 32.5. The number of benzene rings is 10. The van der Waals surface area contributed by atoms with Crippen LogP contribution in [-0.4, -0.2) is 0 Å². The Morgan fingerprint density at radius 3 is 1.47 bits per heavy atom. The third-order valence-corrected chi connectivity index (χ3v) is 12.5. The predicted molar refractivity (Wildman–Crippen MR) is 251 cm³/mol. The molecule has 0 bridgehead atoms. The van der Waals surface area contributed by atoms with Gasteiger partial charge in [0.2, 0.25) is 0 Å². The van der Waals surface area contributed by atoms with E-state index in [-0.39, 0.29) is 0 Å². The average molecular weight is 751 g/mol. The average Bonchev–Trinajstić information content (AvgIpc) is 3.69. The third kappa shape index (κ3) is 5.32. The second-order valence-electron chi connectivity index (χ2n) is 15.8. The minimum atomic E-state index is 0.898. The van der Waals surface area contributed by atoms with E-state index in [9.17, 15) is 0 Å². The molecular formula is C58H38O. The van der Waals surface area contributed by atoms with E-state index in [0.717, 1.165) is 34.8 Å². The summed E-state index contributed by atoms with van der Waals surface area (Å²) in [5.41, 5.74) is 17.0. The van der Waals surface area contributed by atoms with Crippen LogP contribution in [0, 0.1) is 0 Å². The van der Waals surface area contributed by atoms with Crippen LogP contribution in [0.2, 0.25) is 0 Å². The molecule has 1 heterocycles. The number of furan rings is 1. The zero-order chi connectivity index (χ0) is 38.9. The molecule has 1 aromatic heterocycles. The van der Waals surface area contributed by atoms with Crippen molar-refractivity contribution in [3.63, 3.8) is 0 Å². The summed E-state index contributed by atoms with van der Waals surface area (Å²) in [6.45, 7) is 0. The van der Waals surface area contributed by atoms with Crippen LogP contribution in [0.1, 0.15) is 17.5 Å². The molecule has 1 heteroatoms. The predicted octanol–water partition coefficient (Wildman–Crippen LogP) is 16.3. The molecule has 0 saturated heterocycles. The normalized spacial score (nSPS) is 12.5. The summed E-state index contributed by atoms with van der Waals surface area (Å²) < 4.78 is 6.73. The summed E-state index contributed by atoms with van der Waals surface area (Å²) in [5, 5.41) is 9.81. The fourth-order valence-electron chi connectivity index (χ4n) is 10.0. The second kappa shape index (κ2) is 13.6. The van der Waals surface area contributed by atoms with Gasteiger partial charge in [-0.2, -0.15) is 0 Å². The van der Waals surface area contributed by atoms with Gasteiger partial charge in [-0.1, -0.05) is 188 Å². The van der Waals surface area contributed by atoms with Crippen molar-refractivity contribution >= 4 is 60.3 Å². The molecule has 0 saturated carbocycles. The third-order valence-electron chi connectivity index (χ3n) is 12.5. The molecule has 10 aromatic carbocycles. The van der Waals surface area contributed by atoms with Crippen molar-refractivity contribution in [1.82, 2.24) is 0 Å². The first-order valence-electron chi connectivity index (χ1n) is 20.6. The van der Waals surface area contributed by atoms with Crippen LogP contribution in [0.25, 0.3) is 116 Å². The highest BCUT2D eigenvalue weighted by molar-refractivity contribution is 6.23. The Kier molecular flexibility index (Phi) is 7.74. The Morgan fingerprint density at radius 1 is 0.339 bits per heavy atom. The van der Waals surface area contributed by atoms with Gasteiger partial charge in [0, 0.05) is 10.8 Å². The van der Waals surface area contributed by atoms with E-state index in [2.05, 4.69) is 206 Å². The van der Waals surface area contributed by atoms with E-state index >= 15 is 0 Å². The number of fused-ring (bicyclic) bond motifs is 7. The first kappa shape index (κ1) is 33.6. The minimum Gasteiger partial charge on any atom is -0.456 e. The molecule has 0 unspecified atom stereocenters. The van der Waals surface area contributed by atoms with Crippen LogP contribution in [0.4, 0.5) is 0 Å². The Morgan fingerprint density at radius 2 is 0.831 bits per heavy atom. The smallest absolute Gasteiger partial charge is 0.136 e. The number of hydrogen-bond acceptors (Lipinski definition) is 1. The van der Waals surface area contributed by atoms with Crippen molar-refractivity contribution in [2.45, 2.75) is 12.8 Å². The summed E-state index contributed by atoms with van der Waals surface area (Å²) in [5.74, 6) is 0. The van der Waals surface area contributed by atoms with Gasteiger partial charge >= 0.3 is 0 Å². The molecule has 59 heavy (non-hydrogen) atoms. The minimum absolute atomic E-state index is 0.898.